The molecule has 2 heterocycles. The van der Waals surface area contributed by atoms with E-state index in [4.69, 9.17) is 4.74 Å². The average molecular weight is 234 g/mol. The Morgan fingerprint density at radius 2 is 2.00 bits per heavy atom. The summed E-state index contributed by atoms with van der Waals surface area (Å²) in [5, 5.41) is 0. The van der Waals surface area contributed by atoms with Crippen molar-refractivity contribution in [2.24, 2.45) is 0 Å². The molecule has 0 aromatic carbocycles. The second-order valence-corrected chi connectivity index (χ2v) is 5.11. The van der Waals surface area contributed by atoms with Gasteiger partial charge in [-0.2, -0.15) is 13.2 Å². The summed E-state index contributed by atoms with van der Waals surface area (Å²) in [6, 6.07) is 1.70. The molecule has 1 aromatic heterocycles. The molecule has 0 spiro atoms. The van der Waals surface area contributed by atoms with Crippen LogP contribution < -0.4 is 0 Å². The molecular formula is C10H9F3OS. The first-order chi connectivity index (χ1) is 7.05. The summed E-state index contributed by atoms with van der Waals surface area (Å²) in [5.41, 5.74) is 0.498. The van der Waals surface area contributed by atoms with Crippen LogP contribution in [0.5, 0.6) is 0 Å². The van der Waals surface area contributed by atoms with E-state index in [-0.39, 0.29) is 12.0 Å². The van der Waals surface area contributed by atoms with Crippen molar-refractivity contribution in [3.63, 3.8) is 0 Å². The number of rotatable bonds is 2. The van der Waals surface area contributed by atoms with Crippen LogP contribution in [0.2, 0.25) is 0 Å². The zero-order valence-corrected chi connectivity index (χ0v) is 8.62. The van der Waals surface area contributed by atoms with Crippen molar-refractivity contribution in [1.29, 1.82) is 0 Å². The molecule has 3 rings (SSSR count). The zero-order valence-electron chi connectivity index (χ0n) is 7.80. The maximum atomic E-state index is 12.7. The Balaban J connectivity index is 2.01. The van der Waals surface area contributed by atoms with Crippen molar-refractivity contribution in [2.45, 2.75) is 31.0 Å². The van der Waals surface area contributed by atoms with Crippen molar-refractivity contribution < 1.29 is 17.9 Å². The van der Waals surface area contributed by atoms with Gasteiger partial charge in [-0.05, 0) is 30.4 Å². The maximum Gasteiger partial charge on any atom is 0.425 e. The van der Waals surface area contributed by atoms with Crippen molar-refractivity contribution >= 4 is 11.3 Å². The van der Waals surface area contributed by atoms with Crippen LogP contribution in [0.4, 0.5) is 13.2 Å². The topological polar surface area (TPSA) is 12.5 Å². The smallest absolute Gasteiger partial charge is 0.367 e. The third kappa shape index (κ3) is 1.78. The molecule has 1 saturated carbocycles. The zero-order chi connectivity index (χ0) is 10.6. The summed E-state index contributed by atoms with van der Waals surface area (Å²) in [5.74, 6) is 0.144. The first-order valence-electron chi connectivity index (χ1n) is 4.88. The van der Waals surface area contributed by atoms with Crippen LogP contribution in [-0.4, -0.2) is 6.61 Å². The number of ether oxygens (including phenoxy) is 1. The SMILES string of the molecule is FC(F)(F)c1sc(C2CO2)cc1C1CC1. The number of thiophene rings is 1. The lowest BCUT2D eigenvalue weighted by Crippen LogP contribution is -2.04. The minimum absolute atomic E-state index is 0.0661. The Labute approximate surface area is 88.9 Å². The standard InChI is InChI=1S/C10H9F3OS/c11-10(12,13)9-6(5-1-2-5)3-8(15-9)7-4-14-7/h3,5,7H,1-2,4H2. The first-order valence-corrected chi connectivity index (χ1v) is 5.70. The lowest BCUT2D eigenvalue weighted by molar-refractivity contribution is -0.134. The van der Waals surface area contributed by atoms with Crippen LogP contribution in [-0.2, 0) is 10.9 Å². The fraction of sp³-hybridized carbons (Fsp3) is 0.600. The summed E-state index contributed by atoms with van der Waals surface area (Å²) in [7, 11) is 0. The van der Waals surface area contributed by atoms with E-state index in [9.17, 15) is 13.2 Å². The fourth-order valence-electron chi connectivity index (χ4n) is 1.72. The van der Waals surface area contributed by atoms with Gasteiger partial charge in [0.2, 0.25) is 0 Å². The van der Waals surface area contributed by atoms with Gasteiger partial charge in [0.15, 0.2) is 0 Å². The summed E-state index contributed by atoms with van der Waals surface area (Å²) in [6.45, 7) is 0.571. The minimum Gasteiger partial charge on any atom is -0.367 e. The highest BCUT2D eigenvalue weighted by Crippen LogP contribution is 2.51. The van der Waals surface area contributed by atoms with E-state index in [2.05, 4.69) is 0 Å². The molecule has 1 aliphatic heterocycles. The van der Waals surface area contributed by atoms with Gasteiger partial charge in [-0.1, -0.05) is 0 Å². The highest BCUT2D eigenvalue weighted by atomic mass is 32.1. The Hall–Kier alpha value is -0.550. The van der Waals surface area contributed by atoms with Gasteiger partial charge >= 0.3 is 6.18 Å². The molecule has 2 fully saturated rings. The summed E-state index contributed by atoms with van der Waals surface area (Å²) >= 11 is 0.855. The minimum atomic E-state index is -4.20. The summed E-state index contributed by atoms with van der Waals surface area (Å²) < 4.78 is 43.1. The van der Waals surface area contributed by atoms with Gasteiger partial charge in [0.1, 0.15) is 11.0 Å². The molecule has 0 amide bonds. The van der Waals surface area contributed by atoms with Gasteiger partial charge in [0.25, 0.3) is 0 Å². The molecule has 0 N–H and O–H groups in total. The Morgan fingerprint density at radius 3 is 2.47 bits per heavy atom. The van der Waals surface area contributed by atoms with Gasteiger partial charge < -0.3 is 4.74 Å². The molecule has 1 atom stereocenters. The number of epoxide rings is 1. The quantitative estimate of drug-likeness (QED) is 0.710. The van der Waals surface area contributed by atoms with E-state index >= 15 is 0 Å². The molecule has 5 heteroatoms. The molecule has 15 heavy (non-hydrogen) atoms. The fourth-order valence-corrected chi connectivity index (χ4v) is 2.86. The van der Waals surface area contributed by atoms with Crippen LogP contribution in [0.1, 0.15) is 40.2 Å². The number of hydrogen-bond acceptors (Lipinski definition) is 2. The van der Waals surface area contributed by atoms with Crippen molar-refractivity contribution in [3.05, 3.63) is 21.4 Å². The van der Waals surface area contributed by atoms with Crippen LogP contribution in [0.25, 0.3) is 0 Å². The molecule has 1 nitrogen and oxygen atoms in total. The number of halogens is 3. The summed E-state index contributed by atoms with van der Waals surface area (Å²) in [4.78, 5) is 0.333. The maximum absolute atomic E-state index is 12.7. The second-order valence-electron chi connectivity index (χ2n) is 4.03. The Kier molecular flexibility index (Phi) is 1.92. The molecule has 1 aliphatic carbocycles. The van der Waals surface area contributed by atoms with Gasteiger partial charge in [0.05, 0.1) is 6.61 Å². The third-order valence-electron chi connectivity index (χ3n) is 2.71. The number of alkyl halides is 3. The molecule has 1 aromatic rings. The van der Waals surface area contributed by atoms with Gasteiger partial charge in [0, 0.05) is 4.88 Å². The van der Waals surface area contributed by atoms with Crippen LogP contribution in [0, 0.1) is 0 Å². The first kappa shape index (κ1) is 9.66. The molecule has 0 radical (unpaired) electrons. The van der Waals surface area contributed by atoms with Gasteiger partial charge in [-0.25, -0.2) is 0 Å². The lowest BCUT2D eigenvalue weighted by Gasteiger charge is -2.05. The highest BCUT2D eigenvalue weighted by molar-refractivity contribution is 7.12. The van der Waals surface area contributed by atoms with E-state index in [1.165, 1.54) is 0 Å². The average Bonchev–Trinajstić information content (AvgIpc) is 3.02. The Morgan fingerprint density at radius 1 is 1.33 bits per heavy atom. The molecular weight excluding hydrogens is 225 g/mol. The molecule has 1 saturated heterocycles. The van der Waals surface area contributed by atoms with Crippen molar-refractivity contribution in [2.75, 3.05) is 6.61 Å². The van der Waals surface area contributed by atoms with Crippen LogP contribution >= 0.6 is 11.3 Å². The predicted octanol–water partition coefficient (Wildman–Crippen LogP) is 3.72. The monoisotopic (exact) mass is 234 g/mol. The largest absolute Gasteiger partial charge is 0.425 e. The lowest BCUT2D eigenvalue weighted by atomic mass is 10.1. The Bertz CT molecular complexity index is 388. The normalized spacial score (nSPS) is 25.7. The number of hydrogen-bond donors (Lipinski definition) is 0. The third-order valence-corrected chi connectivity index (χ3v) is 3.99. The van der Waals surface area contributed by atoms with E-state index < -0.39 is 11.1 Å². The van der Waals surface area contributed by atoms with E-state index in [1.54, 1.807) is 6.07 Å². The van der Waals surface area contributed by atoms with E-state index in [0.29, 0.717) is 12.2 Å². The van der Waals surface area contributed by atoms with Gasteiger partial charge in [-0.3, -0.25) is 0 Å². The van der Waals surface area contributed by atoms with Crippen molar-refractivity contribution in [3.8, 4) is 0 Å². The highest BCUT2D eigenvalue weighted by Gasteiger charge is 2.42. The van der Waals surface area contributed by atoms with E-state index in [1.807, 2.05) is 0 Å². The second kappa shape index (κ2) is 2.98. The molecule has 2 aliphatic rings. The van der Waals surface area contributed by atoms with Crippen LogP contribution in [0.3, 0.4) is 0 Å². The summed E-state index contributed by atoms with van der Waals surface area (Å²) in [6.07, 6.45) is -2.48. The van der Waals surface area contributed by atoms with E-state index in [0.717, 1.165) is 29.1 Å². The predicted molar refractivity (Wildman–Crippen MR) is 50.0 cm³/mol. The molecule has 1 unspecified atom stereocenters. The molecule has 82 valence electrons. The van der Waals surface area contributed by atoms with Gasteiger partial charge in [-0.15, -0.1) is 11.3 Å². The molecule has 0 bridgehead atoms. The van der Waals surface area contributed by atoms with Crippen LogP contribution in [0.15, 0.2) is 6.07 Å². The van der Waals surface area contributed by atoms with Crippen molar-refractivity contribution in [1.82, 2.24) is 0 Å².